The average Bonchev–Trinajstić information content (AvgIpc) is 3.91. The summed E-state index contributed by atoms with van der Waals surface area (Å²) in [5.41, 5.74) is 0. The molecule has 11 heteroatoms. The van der Waals surface area contributed by atoms with Crippen LogP contribution in [-0.4, -0.2) is 82.2 Å². The molecule has 1 fully saturated rings. The largest absolute Gasteiger partial charge is 0.756 e. The number of hydrogen-bond donors (Lipinski definition) is 0. The highest BCUT2D eigenvalue weighted by Gasteiger charge is 2.36. The summed E-state index contributed by atoms with van der Waals surface area (Å²) < 4.78 is 39.6. The number of epoxide rings is 1. The Morgan fingerprint density at radius 1 is 0.649 bits per heavy atom. The van der Waals surface area contributed by atoms with Crippen molar-refractivity contribution < 1.29 is 46.8 Å². The van der Waals surface area contributed by atoms with Crippen LogP contribution in [0.4, 0.5) is 0 Å². The lowest BCUT2D eigenvalue weighted by molar-refractivity contribution is -0.870. The van der Waals surface area contributed by atoms with Crippen molar-refractivity contribution in [2.45, 2.75) is 173 Å². The number of esters is 2. The maximum atomic E-state index is 12.7. The van der Waals surface area contributed by atoms with E-state index in [1.54, 1.807) is 0 Å². The predicted molar refractivity (Wildman–Crippen MR) is 231 cm³/mol. The Bertz CT molecular complexity index is 1220. The summed E-state index contributed by atoms with van der Waals surface area (Å²) in [6, 6.07) is 0. The highest BCUT2D eigenvalue weighted by molar-refractivity contribution is 7.45. The molecule has 1 heterocycles. The molecular formula is C46H80NO9P. The predicted octanol–water partition coefficient (Wildman–Crippen LogP) is 10.8. The van der Waals surface area contributed by atoms with E-state index >= 15 is 0 Å². The van der Waals surface area contributed by atoms with Gasteiger partial charge in [0.1, 0.15) is 19.8 Å². The molecule has 4 atom stereocenters. The second-order valence-electron chi connectivity index (χ2n) is 16.1. The fourth-order valence-electron chi connectivity index (χ4n) is 5.83. The first-order valence-electron chi connectivity index (χ1n) is 22.1. The van der Waals surface area contributed by atoms with Crippen LogP contribution in [0, 0.1) is 0 Å². The van der Waals surface area contributed by atoms with Crippen molar-refractivity contribution in [2.75, 3.05) is 47.5 Å². The van der Waals surface area contributed by atoms with E-state index < -0.39 is 32.5 Å². The van der Waals surface area contributed by atoms with Gasteiger partial charge in [-0.1, -0.05) is 126 Å². The first-order chi connectivity index (χ1) is 27.5. The van der Waals surface area contributed by atoms with Gasteiger partial charge in [0.25, 0.3) is 7.82 Å². The second-order valence-corrected chi connectivity index (χ2v) is 17.5. The van der Waals surface area contributed by atoms with Gasteiger partial charge in [-0.15, -0.1) is 0 Å². The lowest BCUT2D eigenvalue weighted by Crippen LogP contribution is -2.37. The van der Waals surface area contributed by atoms with Crippen LogP contribution >= 0.6 is 7.82 Å². The first-order valence-corrected chi connectivity index (χ1v) is 23.6. The van der Waals surface area contributed by atoms with Crippen molar-refractivity contribution in [3.05, 3.63) is 60.8 Å². The molecule has 0 amide bonds. The van der Waals surface area contributed by atoms with Crippen LogP contribution in [0.1, 0.15) is 155 Å². The molecule has 328 valence electrons. The molecule has 0 aromatic rings. The maximum Gasteiger partial charge on any atom is 0.306 e. The second kappa shape index (κ2) is 34.5. The molecule has 3 unspecified atom stereocenters. The minimum Gasteiger partial charge on any atom is -0.756 e. The number of phosphoric ester groups is 1. The van der Waals surface area contributed by atoms with Gasteiger partial charge in [-0.3, -0.25) is 14.2 Å². The van der Waals surface area contributed by atoms with E-state index in [0.717, 1.165) is 57.8 Å². The van der Waals surface area contributed by atoms with Gasteiger partial charge in [0, 0.05) is 12.8 Å². The number of quaternary nitrogens is 1. The fourth-order valence-corrected chi connectivity index (χ4v) is 6.56. The zero-order chi connectivity index (χ0) is 41.9. The number of phosphoric acid groups is 1. The van der Waals surface area contributed by atoms with E-state index in [9.17, 15) is 19.0 Å². The number of nitrogens with zero attached hydrogens (tertiary/aromatic N) is 1. The summed E-state index contributed by atoms with van der Waals surface area (Å²) in [6.07, 6.45) is 42.8. The molecule has 0 bridgehead atoms. The zero-order valence-electron chi connectivity index (χ0n) is 36.5. The molecule has 1 aliphatic heterocycles. The number of carbonyl (C=O) groups excluding carboxylic acids is 2. The summed E-state index contributed by atoms with van der Waals surface area (Å²) >= 11 is 0. The molecule has 0 radical (unpaired) electrons. The standard InChI is InChI=1S/C46H80NO9P/c1-6-8-10-11-12-13-14-15-16-17-18-19-20-21-26-29-33-37-46(49)55-42(41-54-57(50,51)53-39-38-47(3,4)5)40-52-45(48)36-32-28-25-23-22-24-27-31-35-44-43(56-44)34-30-9-7-2/h12-13,15-16,18-19,21,26-27,31,42-44H,6-11,14,17,20,22-25,28-30,32-41H2,1-5H3/b13-12-,16-15-,19-18-,26-21-,31-27-/t42-,43?,44?/m1/s1. The number of carbonyl (C=O) groups is 2. The maximum absolute atomic E-state index is 12.7. The number of ether oxygens (including phenoxy) is 3. The quantitative estimate of drug-likeness (QED) is 0.0149. The molecule has 0 aromatic heterocycles. The molecule has 0 spiro atoms. The van der Waals surface area contributed by atoms with Crippen LogP contribution in [0.3, 0.4) is 0 Å². The van der Waals surface area contributed by atoms with Gasteiger partial charge in [0.05, 0.1) is 40.0 Å². The monoisotopic (exact) mass is 822 g/mol. The Hall–Kier alpha value is -2.33. The summed E-state index contributed by atoms with van der Waals surface area (Å²) in [6.45, 7) is 4.06. The van der Waals surface area contributed by atoms with E-state index in [2.05, 4.69) is 68.5 Å². The number of likely N-dealkylation sites (N-methyl/N-ethyl adjacent to an activating group) is 1. The van der Waals surface area contributed by atoms with Crippen molar-refractivity contribution in [3.63, 3.8) is 0 Å². The van der Waals surface area contributed by atoms with Gasteiger partial charge in [-0.05, 0) is 77.0 Å². The molecular weight excluding hydrogens is 741 g/mol. The molecule has 0 aromatic carbocycles. The normalized spacial score (nSPS) is 17.7. The molecule has 1 aliphatic rings. The lowest BCUT2D eigenvalue weighted by Gasteiger charge is -2.28. The lowest BCUT2D eigenvalue weighted by atomic mass is 10.1. The van der Waals surface area contributed by atoms with Crippen LogP contribution < -0.4 is 4.89 Å². The highest BCUT2D eigenvalue weighted by atomic mass is 31.2. The molecule has 1 saturated heterocycles. The van der Waals surface area contributed by atoms with Crippen molar-refractivity contribution in [2.24, 2.45) is 0 Å². The summed E-state index contributed by atoms with van der Waals surface area (Å²) in [4.78, 5) is 37.5. The Kier molecular flexibility index (Phi) is 31.9. The molecule has 0 aliphatic carbocycles. The van der Waals surface area contributed by atoms with Crippen LogP contribution in [0.5, 0.6) is 0 Å². The van der Waals surface area contributed by atoms with E-state index in [4.69, 9.17) is 23.3 Å². The zero-order valence-corrected chi connectivity index (χ0v) is 37.4. The van der Waals surface area contributed by atoms with Gasteiger partial charge in [0.15, 0.2) is 6.10 Å². The Morgan fingerprint density at radius 2 is 1.19 bits per heavy atom. The average molecular weight is 822 g/mol. The van der Waals surface area contributed by atoms with Gasteiger partial charge in [0.2, 0.25) is 0 Å². The van der Waals surface area contributed by atoms with Gasteiger partial charge in [-0.2, -0.15) is 0 Å². The number of allylic oxidation sites excluding steroid dienone is 9. The molecule has 0 N–H and O–H groups in total. The topological polar surface area (TPSA) is 124 Å². The van der Waals surface area contributed by atoms with Crippen molar-refractivity contribution in [1.29, 1.82) is 0 Å². The van der Waals surface area contributed by atoms with Crippen LogP contribution in [-0.2, 0) is 37.4 Å². The van der Waals surface area contributed by atoms with E-state index in [1.807, 2.05) is 27.2 Å². The minimum atomic E-state index is -4.65. The summed E-state index contributed by atoms with van der Waals surface area (Å²) in [5.74, 6) is -0.927. The smallest absolute Gasteiger partial charge is 0.306 e. The van der Waals surface area contributed by atoms with Crippen LogP contribution in [0.2, 0.25) is 0 Å². The molecule has 10 nitrogen and oxygen atoms in total. The molecule has 0 saturated carbocycles. The summed E-state index contributed by atoms with van der Waals surface area (Å²) in [5, 5.41) is 0. The van der Waals surface area contributed by atoms with Gasteiger partial charge >= 0.3 is 11.9 Å². The molecule has 57 heavy (non-hydrogen) atoms. The van der Waals surface area contributed by atoms with E-state index in [1.165, 1.54) is 51.4 Å². The highest BCUT2D eigenvalue weighted by Crippen LogP contribution is 2.38. The number of unbranched alkanes of at least 4 members (excludes halogenated alkanes) is 11. The van der Waals surface area contributed by atoms with Gasteiger partial charge in [-0.25, -0.2) is 0 Å². The van der Waals surface area contributed by atoms with E-state index in [-0.39, 0.29) is 26.1 Å². The number of rotatable bonds is 38. The first kappa shape index (κ1) is 52.7. The molecule has 1 rings (SSSR count). The fraction of sp³-hybridized carbons (Fsp3) is 0.739. The van der Waals surface area contributed by atoms with Crippen molar-refractivity contribution in [1.82, 2.24) is 0 Å². The van der Waals surface area contributed by atoms with E-state index in [0.29, 0.717) is 42.5 Å². The SMILES string of the molecule is CCCCC/C=C\C/C=C\C/C=C\C/C=C\CCCC(=O)O[C@H](COC(=O)CCCCCCC/C=C\CC1OC1CCCCC)COP(=O)([O-])OCC[N+](C)(C)C. The van der Waals surface area contributed by atoms with Gasteiger partial charge < -0.3 is 32.6 Å². The summed E-state index contributed by atoms with van der Waals surface area (Å²) in [7, 11) is 1.11. The third-order valence-electron chi connectivity index (χ3n) is 9.43. The van der Waals surface area contributed by atoms with Crippen molar-refractivity contribution in [3.8, 4) is 0 Å². The van der Waals surface area contributed by atoms with Crippen LogP contribution in [0.25, 0.3) is 0 Å². The Morgan fingerprint density at radius 3 is 1.84 bits per heavy atom. The minimum absolute atomic E-state index is 0.0482. The third kappa shape index (κ3) is 35.3. The Balaban J connectivity index is 2.33. The van der Waals surface area contributed by atoms with Crippen molar-refractivity contribution >= 4 is 19.8 Å². The Labute approximate surface area is 347 Å². The third-order valence-corrected chi connectivity index (χ3v) is 10.4. The van der Waals surface area contributed by atoms with Crippen LogP contribution in [0.15, 0.2) is 60.8 Å². The number of hydrogen-bond acceptors (Lipinski definition) is 9.